The molecule has 2 aliphatic heterocycles. The number of hydrogen-bond acceptors (Lipinski definition) is 3. The highest BCUT2D eigenvalue weighted by atomic mass is 16.2. The lowest BCUT2D eigenvalue weighted by molar-refractivity contribution is 0.0634. The number of amides is 1. The number of pyridine rings is 1. The Balaban J connectivity index is 1.59. The van der Waals surface area contributed by atoms with E-state index in [0.29, 0.717) is 12.0 Å². The highest BCUT2D eigenvalue weighted by Gasteiger charge is 2.44. The fraction of sp³-hybridized carbons (Fsp3) is 0.696. The van der Waals surface area contributed by atoms with Crippen LogP contribution in [-0.4, -0.2) is 38.2 Å². The molecule has 0 radical (unpaired) electrons. The number of carbonyl (C=O) groups is 1. The zero-order chi connectivity index (χ0) is 19.6. The maximum Gasteiger partial charge on any atom is 0.254 e. The van der Waals surface area contributed by atoms with Crippen molar-refractivity contribution in [3.63, 3.8) is 0 Å². The Labute approximate surface area is 167 Å². The van der Waals surface area contributed by atoms with Gasteiger partial charge >= 0.3 is 0 Å². The first-order valence-corrected chi connectivity index (χ1v) is 11.1. The SMILES string of the molecule is CC(C)c1cc(C(=O)N2CC3CC4CC(C3)CC2C4)c2cnn(C(C)C)c2n1. The van der Waals surface area contributed by atoms with Gasteiger partial charge in [0.15, 0.2) is 5.65 Å². The molecule has 5 heteroatoms. The van der Waals surface area contributed by atoms with Crippen molar-refractivity contribution < 1.29 is 4.79 Å². The summed E-state index contributed by atoms with van der Waals surface area (Å²) < 4.78 is 1.95. The molecule has 4 fully saturated rings. The van der Waals surface area contributed by atoms with Crippen molar-refractivity contribution in [2.24, 2.45) is 17.8 Å². The van der Waals surface area contributed by atoms with Crippen LogP contribution in [0.1, 0.15) is 87.8 Å². The van der Waals surface area contributed by atoms with Crippen molar-refractivity contribution >= 4 is 16.9 Å². The standard InChI is InChI=1S/C23H32N4O/c1-13(2)21-10-19(20-11-24-27(14(3)4)22(20)25-21)23(28)26-12-17-6-15-5-16(7-17)9-18(26)8-15/h10-11,13-18H,5-9,12H2,1-4H3. The predicted molar refractivity (Wildman–Crippen MR) is 110 cm³/mol. The lowest BCUT2D eigenvalue weighted by Crippen LogP contribution is -2.42. The van der Waals surface area contributed by atoms with Gasteiger partial charge in [0.1, 0.15) is 0 Å². The summed E-state index contributed by atoms with van der Waals surface area (Å²) in [5.74, 6) is 2.86. The van der Waals surface area contributed by atoms with Crippen LogP contribution in [0.15, 0.2) is 12.3 Å². The van der Waals surface area contributed by atoms with Gasteiger partial charge in [-0.1, -0.05) is 13.8 Å². The average molecular weight is 381 g/mol. The van der Waals surface area contributed by atoms with Crippen molar-refractivity contribution in [1.82, 2.24) is 19.7 Å². The number of rotatable bonds is 3. The van der Waals surface area contributed by atoms with Crippen molar-refractivity contribution in [2.45, 2.75) is 77.8 Å². The fourth-order valence-corrected chi connectivity index (χ4v) is 6.08. The molecule has 28 heavy (non-hydrogen) atoms. The van der Waals surface area contributed by atoms with E-state index in [2.05, 4.69) is 37.7 Å². The molecule has 2 aromatic heterocycles. The maximum atomic E-state index is 13.8. The monoisotopic (exact) mass is 380 g/mol. The summed E-state index contributed by atoms with van der Waals surface area (Å²) in [6, 6.07) is 2.69. The molecule has 4 heterocycles. The quantitative estimate of drug-likeness (QED) is 0.769. The molecule has 1 amide bonds. The van der Waals surface area contributed by atoms with Crippen LogP contribution in [0.4, 0.5) is 0 Å². The third-order valence-electron chi connectivity index (χ3n) is 7.26. The highest BCUT2D eigenvalue weighted by Crippen LogP contribution is 2.47. The first-order valence-electron chi connectivity index (χ1n) is 11.1. The summed E-state index contributed by atoms with van der Waals surface area (Å²) in [4.78, 5) is 21.0. The summed E-state index contributed by atoms with van der Waals surface area (Å²) in [6.07, 6.45) is 8.30. The van der Waals surface area contributed by atoms with Gasteiger partial charge in [-0.3, -0.25) is 4.79 Å². The Hall–Kier alpha value is -1.91. The number of aromatic nitrogens is 3. The van der Waals surface area contributed by atoms with Crippen LogP contribution in [0.25, 0.3) is 11.0 Å². The van der Waals surface area contributed by atoms with Gasteiger partial charge in [0.2, 0.25) is 0 Å². The minimum Gasteiger partial charge on any atom is -0.335 e. The third kappa shape index (κ3) is 2.85. The van der Waals surface area contributed by atoms with Crippen LogP contribution in [0.3, 0.4) is 0 Å². The third-order valence-corrected chi connectivity index (χ3v) is 7.26. The van der Waals surface area contributed by atoms with Crippen LogP contribution in [0, 0.1) is 17.8 Å². The van der Waals surface area contributed by atoms with Crippen molar-refractivity contribution in [1.29, 1.82) is 0 Å². The van der Waals surface area contributed by atoms with Crippen molar-refractivity contribution in [2.75, 3.05) is 6.54 Å². The second-order valence-electron chi connectivity index (χ2n) is 10.1. The maximum absolute atomic E-state index is 13.8. The smallest absolute Gasteiger partial charge is 0.254 e. The first-order chi connectivity index (χ1) is 13.4. The van der Waals surface area contributed by atoms with E-state index in [0.717, 1.165) is 40.7 Å². The van der Waals surface area contributed by atoms with Crippen molar-refractivity contribution in [3.05, 3.63) is 23.5 Å². The molecular weight excluding hydrogens is 348 g/mol. The summed E-state index contributed by atoms with van der Waals surface area (Å²) in [5.41, 5.74) is 2.64. The fourth-order valence-electron chi connectivity index (χ4n) is 6.08. The van der Waals surface area contributed by atoms with Crippen LogP contribution in [0.5, 0.6) is 0 Å². The Morgan fingerprint density at radius 1 is 1.04 bits per heavy atom. The van der Waals surface area contributed by atoms with Gasteiger partial charge < -0.3 is 4.90 Å². The molecule has 5 nitrogen and oxygen atoms in total. The Bertz CT molecular complexity index is 901. The summed E-state index contributed by atoms with van der Waals surface area (Å²) in [7, 11) is 0. The largest absolute Gasteiger partial charge is 0.335 e. The molecule has 0 aromatic carbocycles. The zero-order valence-corrected chi connectivity index (χ0v) is 17.6. The molecule has 6 rings (SSSR count). The highest BCUT2D eigenvalue weighted by molar-refractivity contribution is 6.05. The lowest BCUT2D eigenvalue weighted by atomic mass is 9.68. The number of hydrogen-bond donors (Lipinski definition) is 0. The Kier molecular flexibility index (Phi) is 4.25. The molecular formula is C23H32N4O. The van der Waals surface area contributed by atoms with E-state index >= 15 is 0 Å². The van der Waals surface area contributed by atoms with Crippen LogP contribution < -0.4 is 0 Å². The first kappa shape index (κ1) is 18.1. The summed E-state index contributed by atoms with van der Waals surface area (Å²) >= 11 is 0. The average Bonchev–Trinajstić information content (AvgIpc) is 2.98. The molecule has 150 valence electrons. The van der Waals surface area contributed by atoms with Gasteiger partial charge in [0.25, 0.3) is 5.91 Å². The molecule has 0 N–H and O–H groups in total. The van der Waals surface area contributed by atoms with E-state index in [4.69, 9.17) is 4.98 Å². The number of nitrogens with zero attached hydrogens (tertiary/aromatic N) is 4. The van der Waals surface area contributed by atoms with Crippen LogP contribution in [-0.2, 0) is 0 Å². The molecule has 2 aliphatic carbocycles. The normalized spacial score (nSPS) is 29.3. The molecule has 4 bridgehead atoms. The van der Waals surface area contributed by atoms with Gasteiger partial charge in [0.05, 0.1) is 17.1 Å². The van der Waals surface area contributed by atoms with Gasteiger partial charge in [0, 0.05) is 24.3 Å². The Morgan fingerprint density at radius 3 is 2.36 bits per heavy atom. The van der Waals surface area contributed by atoms with Gasteiger partial charge in [-0.25, -0.2) is 9.67 Å². The Morgan fingerprint density at radius 2 is 1.71 bits per heavy atom. The molecule has 0 spiro atoms. The van der Waals surface area contributed by atoms with E-state index in [9.17, 15) is 4.79 Å². The molecule has 4 aliphatic rings. The number of fused-ring (bicyclic) bond motifs is 2. The minimum absolute atomic E-state index is 0.204. The van der Waals surface area contributed by atoms with Gasteiger partial charge in [-0.05, 0) is 75.7 Å². The summed E-state index contributed by atoms with van der Waals surface area (Å²) in [5, 5.41) is 5.48. The predicted octanol–water partition coefficient (Wildman–Crippen LogP) is 4.79. The van der Waals surface area contributed by atoms with Gasteiger partial charge in [-0.2, -0.15) is 5.10 Å². The minimum atomic E-state index is 0.204. The lowest BCUT2D eigenvalue weighted by Gasteiger charge is -2.39. The zero-order valence-electron chi connectivity index (χ0n) is 17.6. The van der Waals surface area contributed by atoms with E-state index in [-0.39, 0.29) is 17.9 Å². The molecule has 2 atom stereocenters. The van der Waals surface area contributed by atoms with E-state index in [1.807, 2.05) is 16.9 Å². The second-order valence-corrected chi connectivity index (χ2v) is 10.1. The topological polar surface area (TPSA) is 51.0 Å². The van der Waals surface area contributed by atoms with E-state index in [1.165, 1.54) is 32.1 Å². The molecule has 2 saturated carbocycles. The molecule has 2 saturated heterocycles. The van der Waals surface area contributed by atoms with Crippen molar-refractivity contribution in [3.8, 4) is 0 Å². The molecule has 2 unspecified atom stereocenters. The van der Waals surface area contributed by atoms with Crippen LogP contribution in [0.2, 0.25) is 0 Å². The van der Waals surface area contributed by atoms with Crippen LogP contribution >= 0.6 is 0 Å². The summed E-state index contributed by atoms with van der Waals surface area (Å²) in [6.45, 7) is 9.45. The molecule has 2 aromatic rings. The number of carbonyl (C=O) groups excluding carboxylic acids is 1. The second kappa shape index (κ2) is 6.57. The van der Waals surface area contributed by atoms with E-state index < -0.39 is 0 Å². The van der Waals surface area contributed by atoms with Gasteiger partial charge in [-0.15, -0.1) is 0 Å². The van der Waals surface area contributed by atoms with E-state index in [1.54, 1.807) is 0 Å².